The second kappa shape index (κ2) is 8.71. The minimum absolute atomic E-state index is 0.000638. The zero-order valence-electron chi connectivity index (χ0n) is 19.6. The molecule has 2 amide bonds. The summed E-state index contributed by atoms with van der Waals surface area (Å²) in [5.41, 5.74) is 3.47. The Morgan fingerprint density at radius 3 is 2.83 bits per heavy atom. The van der Waals surface area contributed by atoms with Gasteiger partial charge in [0, 0.05) is 29.7 Å². The molecule has 182 valence electrons. The molecule has 2 aromatic heterocycles. The fourth-order valence-corrected chi connectivity index (χ4v) is 5.46. The molecule has 9 nitrogen and oxygen atoms in total. The first-order valence-electron chi connectivity index (χ1n) is 12.1. The number of nitrogens with one attached hydrogen (secondary N) is 1. The minimum atomic E-state index is -0.280. The van der Waals surface area contributed by atoms with Crippen molar-refractivity contribution in [3.05, 3.63) is 70.3 Å². The van der Waals surface area contributed by atoms with E-state index in [0.717, 1.165) is 42.6 Å². The average Bonchev–Trinajstić information content (AvgIpc) is 3.32. The van der Waals surface area contributed by atoms with Gasteiger partial charge in [-0.2, -0.15) is 5.26 Å². The number of nitrogens with zero attached hydrogens (tertiary/aromatic N) is 6. The van der Waals surface area contributed by atoms with Crippen LogP contribution < -0.4 is 10.2 Å². The molecule has 0 bridgehead atoms. The summed E-state index contributed by atoms with van der Waals surface area (Å²) in [5.74, 6) is 0.764. The van der Waals surface area contributed by atoms with Crippen LogP contribution in [0.5, 0.6) is 0 Å². The topological polar surface area (TPSA) is 117 Å². The lowest BCUT2D eigenvalue weighted by molar-refractivity contribution is -0.118. The van der Waals surface area contributed by atoms with E-state index in [-0.39, 0.29) is 41.4 Å². The highest BCUT2D eigenvalue weighted by Crippen LogP contribution is 2.47. The summed E-state index contributed by atoms with van der Waals surface area (Å²) in [5, 5.41) is 21.2. The van der Waals surface area contributed by atoms with Gasteiger partial charge in [0.1, 0.15) is 0 Å². The average molecular weight is 502 g/mol. The van der Waals surface area contributed by atoms with Crippen LogP contribution in [-0.4, -0.2) is 44.4 Å². The third-order valence-electron chi connectivity index (χ3n) is 7.65. The van der Waals surface area contributed by atoms with Gasteiger partial charge in [-0.25, -0.2) is 4.68 Å². The highest BCUT2D eigenvalue weighted by molar-refractivity contribution is 6.30. The first kappa shape index (κ1) is 22.7. The number of fused-ring (bicyclic) bond motifs is 1. The molecule has 10 heteroatoms. The van der Waals surface area contributed by atoms with E-state index in [2.05, 4.69) is 26.7 Å². The summed E-state index contributed by atoms with van der Waals surface area (Å²) in [7, 11) is 0. The van der Waals surface area contributed by atoms with Gasteiger partial charge in [0.25, 0.3) is 5.91 Å². The first-order valence-corrected chi connectivity index (χ1v) is 12.5. The van der Waals surface area contributed by atoms with Crippen LogP contribution in [0.2, 0.25) is 5.02 Å². The Labute approximate surface area is 213 Å². The van der Waals surface area contributed by atoms with E-state index >= 15 is 0 Å². The Bertz CT molecular complexity index is 1410. The van der Waals surface area contributed by atoms with Crippen molar-refractivity contribution in [1.82, 2.24) is 25.3 Å². The Balaban J connectivity index is 1.08. The summed E-state index contributed by atoms with van der Waals surface area (Å²) in [6.07, 6.45) is 7.57. The molecule has 3 atom stereocenters. The van der Waals surface area contributed by atoms with Crippen molar-refractivity contribution in [2.45, 2.75) is 44.2 Å². The number of carbonyl (C=O) groups is 2. The van der Waals surface area contributed by atoms with Gasteiger partial charge >= 0.3 is 0 Å². The largest absolute Gasteiger partial charge is 0.348 e. The number of piperidine rings is 1. The lowest BCUT2D eigenvalue weighted by Crippen LogP contribution is -2.43. The van der Waals surface area contributed by atoms with Crippen LogP contribution in [0.15, 0.2) is 42.9 Å². The van der Waals surface area contributed by atoms with E-state index in [4.69, 9.17) is 11.6 Å². The number of anilines is 1. The smallest absolute Gasteiger partial charge is 0.273 e. The maximum atomic E-state index is 12.8. The second-order valence-corrected chi connectivity index (χ2v) is 10.4. The molecule has 0 spiro atoms. The fourth-order valence-electron chi connectivity index (χ4n) is 5.28. The lowest BCUT2D eigenvalue weighted by Gasteiger charge is -2.36. The maximum absolute atomic E-state index is 12.8. The van der Waals surface area contributed by atoms with Crippen molar-refractivity contribution >= 4 is 29.1 Å². The summed E-state index contributed by atoms with van der Waals surface area (Å²) >= 11 is 6.11. The highest BCUT2D eigenvalue weighted by atomic mass is 35.5. The molecular formula is C26H24ClN7O2. The molecule has 1 saturated heterocycles. The monoisotopic (exact) mass is 501 g/mol. The van der Waals surface area contributed by atoms with Gasteiger partial charge in [-0.1, -0.05) is 16.8 Å². The predicted molar refractivity (Wildman–Crippen MR) is 131 cm³/mol. The number of pyridine rings is 1. The SMILES string of the molecule is C[C@H](c1cncc(N2C[C@H]3C[C@H]3C2=O)c1)n1cc(C(=O)NC2CC(c3cc(Cl)ccc3C#N)C2)nn1. The zero-order chi connectivity index (χ0) is 25.0. The van der Waals surface area contributed by atoms with Crippen LogP contribution in [0.1, 0.15) is 65.3 Å². The van der Waals surface area contributed by atoms with E-state index in [1.165, 1.54) is 0 Å². The number of carbonyl (C=O) groups excluding carboxylic acids is 2. The molecule has 2 aliphatic carbocycles. The zero-order valence-corrected chi connectivity index (χ0v) is 20.4. The maximum Gasteiger partial charge on any atom is 0.273 e. The van der Waals surface area contributed by atoms with Crippen molar-refractivity contribution in [3.8, 4) is 6.07 Å². The van der Waals surface area contributed by atoms with E-state index in [9.17, 15) is 14.9 Å². The third-order valence-corrected chi connectivity index (χ3v) is 7.88. The molecule has 3 fully saturated rings. The van der Waals surface area contributed by atoms with Gasteiger partial charge in [0.2, 0.25) is 5.91 Å². The Morgan fingerprint density at radius 2 is 2.08 bits per heavy atom. The number of aromatic nitrogens is 4. The standard InChI is InChI=1S/C26H24ClN7O2/c1-14(17-6-21(11-29-10-17)33-12-18-7-23(18)26(33)36)34-13-24(31-32-34)25(35)30-20-4-16(5-20)22-8-19(27)3-2-15(22)9-28/h2-3,6,8,10-11,13-14,16,18,20,23H,4-5,7,12H2,1H3,(H,30,35)/t14-,16?,18-,20?,23-/m1/s1. The van der Waals surface area contributed by atoms with E-state index < -0.39 is 0 Å². The van der Waals surface area contributed by atoms with Crippen LogP contribution in [0.3, 0.4) is 0 Å². The summed E-state index contributed by atoms with van der Waals surface area (Å²) in [6, 6.07) is 9.25. The molecule has 1 aliphatic heterocycles. The Kier molecular flexibility index (Phi) is 5.49. The van der Waals surface area contributed by atoms with Crippen molar-refractivity contribution in [1.29, 1.82) is 5.26 Å². The predicted octanol–water partition coefficient (Wildman–Crippen LogP) is 3.47. The molecule has 3 aliphatic rings. The number of amides is 2. The van der Waals surface area contributed by atoms with Crippen molar-refractivity contribution in [3.63, 3.8) is 0 Å². The molecule has 1 aromatic carbocycles. The van der Waals surface area contributed by atoms with Crippen LogP contribution in [0, 0.1) is 23.2 Å². The fraction of sp³-hybridized carbons (Fsp3) is 0.385. The summed E-state index contributed by atoms with van der Waals surface area (Å²) in [6.45, 7) is 2.71. The van der Waals surface area contributed by atoms with Gasteiger partial charge in [0.05, 0.1) is 35.8 Å². The number of hydrogen-bond acceptors (Lipinski definition) is 6. The van der Waals surface area contributed by atoms with Crippen molar-refractivity contribution in [2.75, 3.05) is 11.4 Å². The van der Waals surface area contributed by atoms with E-state index in [1.807, 2.05) is 24.0 Å². The number of nitriles is 1. The van der Waals surface area contributed by atoms with E-state index in [1.54, 1.807) is 35.4 Å². The quantitative estimate of drug-likeness (QED) is 0.552. The molecule has 0 unspecified atom stereocenters. The molecule has 0 radical (unpaired) electrons. The molecule has 3 heterocycles. The third kappa shape index (κ3) is 4.01. The number of halogens is 1. The summed E-state index contributed by atoms with van der Waals surface area (Å²) in [4.78, 5) is 31.4. The Morgan fingerprint density at radius 1 is 1.25 bits per heavy atom. The van der Waals surface area contributed by atoms with Gasteiger partial charge in [-0.15, -0.1) is 5.10 Å². The van der Waals surface area contributed by atoms with Gasteiger partial charge in [-0.3, -0.25) is 14.6 Å². The summed E-state index contributed by atoms with van der Waals surface area (Å²) < 4.78 is 1.63. The Hall–Kier alpha value is -3.77. The van der Waals surface area contributed by atoms with Crippen LogP contribution >= 0.6 is 11.6 Å². The molecule has 6 rings (SSSR count). The molecule has 1 N–H and O–H groups in total. The van der Waals surface area contributed by atoms with Crippen LogP contribution in [-0.2, 0) is 4.79 Å². The molecular weight excluding hydrogens is 478 g/mol. The number of rotatable bonds is 6. The number of hydrogen-bond donors (Lipinski definition) is 1. The minimum Gasteiger partial charge on any atom is -0.348 e. The normalized spacial score (nSPS) is 25.0. The van der Waals surface area contributed by atoms with Gasteiger partial charge < -0.3 is 10.2 Å². The molecule has 3 aromatic rings. The lowest BCUT2D eigenvalue weighted by atomic mass is 9.74. The first-order chi connectivity index (χ1) is 17.4. The van der Waals surface area contributed by atoms with Crippen molar-refractivity contribution < 1.29 is 9.59 Å². The van der Waals surface area contributed by atoms with Crippen LogP contribution in [0.25, 0.3) is 0 Å². The second-order valence-electron chi connectivity index (χ2n) is 9.97. The van der Waals surface area contributed by atoms with Gasteiger partial charge in [0.15, 0.2) is 5.69 Å². The number of benzene rings is 1. The molecule has 2 saturated carbocycles. The molecule has 36 heavy (non-hydrogen) atoms. The van der Waals surface area contributed by atoms with E-state index in [0.29, 0.717) is 16.5 Å². The van der Waals surface area contributed by atoms with Crippen LogP contribution in [0.4, 0.5) is 5.69 Å². The highest BCUT2D eigenvalue weighted by Gasteiger charge is 2.52. The van der Waals surface area contributed by atoms with Gasteiger partial charge in [-0.05, 0) is 73.4 Å². The van der Waals surface area contributed by atoms with Crippen molar-refractivity contribution in [2.24, 2.45) is 11.8 Å².